The zero-order chi connectivity index (χ0) is 22.7. The quantitative estimate of drug-likeness (QED) is 0.348. The third kappa shape index (κ3) is 3.07. The zero-order valence-corrected chi connectivity index (χ0v) is 17.9. The molecule has 0 radical (unpaired) electrons. The van der Waals surface area contributed by atoms with Crippen LogP contribution in [0.2, 0.25) is 0 Å². The molecule has 0 saturated carbocycles. The van der Waals surface area contributed by atoms with Crippen molar-refractivity contribution < 1.29 is 9.50 Å². The van der Waals surface area contributed by atoms with Gasteiger partial charge in [-0.3, -0.25) is 10.1 Å². The number of hydrogen-bond acceptors (Lipinski definition) is 4. The van der Waals surface area contributed by atoms with E-state index >= 15 is 0 Å². The van der Waals surface area contributed by atoms with Crippen LogP contribution < -0.4 is 0 Å². The summed E-state index contributed by atoms with van der Waals surface area (Å²) in [5, 5.41) is 19.3. The summed E-state index contributed by atoms with van der Waals surface area (Å²) in [7, 11) is 1.99. The van der Waals surface area contributed by atoms with Gasteiger partial charge in [0.2, 0.25) is 0 Å². The van der Waals surface area contributed by atoms with E-state index in [9.17, 15) is 9.50 Å². The van der Waals surface area contributed by atoms with Crippen LogP contribution in [0.15, 0.2) is 61.1 Å². The van der Waals surface area contributed by atoms with Crippen LogP contribution in [-0.2, 0) is 7.05 Å². The van der Waals surface area contributed by atoms with Crippen LogP contribution in [0.25, 0.3) is 55.6 Å². The normalized spacial score (nSPS) is 11.6. The van der Waals surface area contributed by atoms with Crippen molar-refractivity contribution >= 4 is 21.8 Å². The molecule has 6 aromatic rings. The SMILES string of the molecule is Cc1ncc(-c2ccc3[nH]nc(-c4cc5c(-c6cc(O)cc(F)c6)cncc5[nH]4)c3c2)n1C. The maximum Gasteiger partial charge on any atom is 0.127 e. The van der Waals surface area contributed by atoms with E-state index in [1.54, 1.807) is 12.4 Å². The van der Waals surface area contributed by atoms with Crippen LogP contribution in [0, 0.1) is 12.7 Å². The molecule has 6 rings (SSSR count). The van der Waals surface area contributed by atoms with E-state index in [0.29, 0.717) is 5.56 Å². The number of aromatic nitrogens is 6. The third-order valence-electron chi connectivity index (χ3n) is 6.07. The molecule has 7 nitrogen and oxygen atoms in total. The maximum absolute atomic E-state index is 13.9. The van der Waals surface area contributed by atoms with E-state index in [0.717, 1.165) is 61.9 Å². The molecule has 0 aliphatic heterocycles. The highest BCUT2D eigenvalue weighted by Gasteiger charge is 2.16. The Morgan fingerprint density at radius 3 is 2.61 bits per heavy atom. The summed E-state index contributed by atoms with van der Waals surface area (Å²) in [4.78, 5) is 12.1. The summed E-state index contributed by atoms with van der Waals surface area (Å²) in [5.74, 6) is 0.305. The van der Waals surface area contributed by atoms with Gasteiger partial charge in [-0.1, -0.05) is 6.07 Å². The van der Waals surface area contributed by atoms with Crippen molar-refractivity contribution in [2.75, 3.05) is 0 Å². The number of phenols is 1. The molecule has 0 bridgehead atoms. The van der Waals surface area contributed by atoms with Gasteiger partial charge in [-0.05, 0) is 42.8 Å². The summed E-state index contributed by atoms with van der Waals surface area (Å²) in [5.41, 5.74) is 6.63. The second-order valence-corrected chi connectivity index (χ2v) is 8.11. The minimum atomic E-state index is -0.506. The number of pyridine rings is 1. The standard InChI is InChI=1S/C25H19FN6O/c1-13-28-12-24(32(13)2)14-3-4-21-19(7-14)25(31-30-21)22-9-18-20(10-27-11-23(18)29-22)15-5-16(26)8-17(33)6-15/h3-12,29,33H,1-2H3,(H,30,31). The molecular formula is C25H19FN6O. The molecule has 0 spiro atoms. The fraction of sp³-hybridized carbons (Fsp3) is 0.0800. The molecule has 33 heavy (non-hydrogen) atoms. The topological polar surface area (TPSA) is 95.4 Å². The first-order valence-electron chi connectivity index (χ1n) is 10.4. The monoisotopic (exact) mass is 438 g/mol. The number of imidazole rings is 1. The molecular weight excluding hydrogens is 419 g/mol. The number of fused-ring (bicyclic) bond motifs is 2. The van der Waals surface area contributed by atoms with Crippen molar-refractivity contribution in [1.82, 2.24) is 29.7 Å². The molecule has 4 aromatic heterocycles. The highest BCUT2D eigenvalue weighted by molar-refractivity contribution is 6.01. The summed E-state index contributed by atoms with van der Waals surface area (Å²) >= 11 is 0. The molecule has 2 aromatic carbocycles. The highest BCUT2D eigenvalue weighted by Crippen LogP contribution is 2.35. The highest BCUT2D eigenvalue weighted by atomic mass is 19.1. The number of nitrogens with one attached hydrogen (secondary N) is 2. The van der Waals surface area contributed by atoms with E-state index in [2.05, 4.69) is 35.8 Å². The number of H-pyrrole nitrogens is 2. The van der Waals surface area contributed by atoms with Crippen molar-refractivity contribution in [3.05, 3.63) is 72.7 Å². The van der Waals surface area contributed by atoms with E-state index in [1.807, 2.05) is 38.4 Å². The van der Waals surface area contributed by atoms with Crippen molar-refractivity contribution in [3.63, 3.8) is 0 Å². The van der Waals surface area contributed by atoms with Gasteiger partial charge in [0.1, 0.15) is 23.1 Å². The van der Waals surface area contributed by atoms with Gasteiger partial charge in [-0.25, -0.2) is 9.37 Å². The van der Waals surface area contributed by atoms with Gasteiger partial charge < -0.3 is 14.7 Å². The second-order valence-electron chi connectivity index (χ2n) is 8.11. The van der Waals surface area contributed by atoms with Crippen molar-refractivity contribution in [2.24, 2.45) is 7.05 Å². The molecule has 0 unspecified atom stereocenters. The summed E-state index contributed by atoms with van der Waals surface area (Å²) in [6.45, 7) is 1.97. The fourth-order valence-electron chi connectivity index (χ4n) is 4.29. The Bertz CT molecular complexity index is 1660. The minimum Gasteiger partial charge on any atom is -0.508 e. The van der Waals surface area contributed by atoms with E-state index < -0.39 is 5.82 Å². The maximum atomic E-state index is 13.9. The number of nitrogens with zero attached hydrogens (tertiary/aromatic N) is 4. The molecule has 0 fully saturated rings. The Morgan fingerprint density at radius 2 is 1.82 bits per heavy atom. The minimum absolute atomic E-state index is 0.131. The van der Waals surface area contributed by atoms with Gasteiger partial charge in [0, 0.05) is 41.2 Å². The van der Waals surface area contributed by atoms with Gasteiger partial charge >= 0.3 is 0 Å². The second kappa shape index (κ2) is 7.03. The van der Waals surface area contributed by atoms with Crippen LogP contribution in [0.4, 0.5) is 4.39 Å². The van der Waals surface area contributed by atoms with Gasteiger partial charge in [-0.2, -0.15) is 5.10 Å². The molecule has 0 aliphatic carbocycles. The number of aryl methyl sites for hydroxylation is 1. The molecule has 3 N–H and O–H groups in total. The zero-order valence-electron chi connectivity index (χ0n) is 17.9. The van der Waals surface area contributed by atoms with Crippen LogP contribution in [0.5, 0.6) is 5.75 Å². The smallest absolute Gasteiger partial charge is 0.127 e. The predicted molar refractivity (Wildman–Crippen MR) is 125 cm³/mol. The molecule has 0 aliphatic rings. The Kier molecular flexibility index (Phi) is 4.10. The Morgan fingerprint density at radius 1 is 0.939 bits per heavy atom. The summed E-state index contributed by atoms with van der Waals surface area (Å²) in [6.07, 6.45) is 5.26. The average molecular weight is 438 g/mol. The lowest BCUT2D eigenvalue weighted by Gasteiger charge is -2.04. The average Bonchev–Trinajstić information content (AvgIpc) is 3.49. The molecule has 0 saturated heterocycles. The largest absolute Gasteiger partial charge is 0.508 e. The Balaban J connectivity index is 1.52. The van der Waals surface area contributed by atoms with E-state index in [1.165, 1.54) is 12.1 Å². The predicted octanol–water partition coefficient (Wildman–Crippen LogP) is 5.33. The van der Waals surface area contributed by atoms with Crippen LogP contribution in [0.3, 0.4) is 0 Å². The molecule has 0 amide bonds. The number of aromatic hydroxyl groups is 1. The van der Waals surface area contributed by atoms with Crippen LogP contribution >= 0.6 is 0 Å². The Labute approximate surface area is 187 Å². The number of hydrogen-bond donors (Lipinski definition) is 3. The summed E-state index contributed by atoms with van der Waals surface area (Å²) in [6, 6.07) is 12.1. The molecule has 4 heterocycles. The number of aromatic amines is 2. The van der Waals surface area contributed by atoms with E-state index in [-0.39, 0.29) is 5.75 Å². The van der Waals surface area contributed by atoms with E-state index in [4.69, 9.17) is 0 Å². The van der Waals surface area contributed by atoms with Crippen molar-refractivity contribution in [2.45, 2.75) is 6.92 Å². The lowest BCUT2D eigenvalue weighted by atomic mass is 10.0. The van der Waals surface area contributed by atoms with Gasteiger partial charge in [0.15, 0.2) is 0 Å². The molecule has 8 heteroatoms. The first-order valence-corrected chi connectivity index (χ1v) is 10.4. The summed E-state index contributed by atoms with van der Waals surface area (Å²) < 4.78 is 16.0. The lowest BCUT2D eigenvalue weighted by molar-refractivity contribution is 0.469. The van der Waals surface area contributed by atoms with Gasteiger partial charge in [-0.15, -0.1) is 0 Å². The number of phenolic OH excluding ortho intramolecular Hbond substituents is 1. The number of halogens is 1. The van der Waals surface area contributed by atoms with Gasteiger partial charge in [0.25, 0.3) is 0 Å². The third-order valence-corrected chi connectivity index (χ3v) is 6.07. The fourth-order valence-corrected chi connectivity index (χ4v) is 4.29. The molecule has 162 valence electrons. The first-order chi connectivity index (χ1) is 16.0. The van der Waals surface area contributed by atoms with Crippen molar-refractivity contribution in [3.8, 4) is 39.5 Å². The first kappa shape index (κ1) is 19.2. The molecule has 0 atom stereocenters. The van der Waals surface area contributed by atoms with Crippen LogP contribution in [-0.4, -0.2) is 34.8 Å². The van der Waals surface area contributed by atoms with Crippen molar-refractivity contribution in [1.29, 1.82) is 0 Å². The Hall–Kier alpha value is -4.46. The number of rotatable bonds is 3. The lowest BCUT2D eigenvalue weighted by Crippen LogP contribution is -1.94. The number of benzene rings is 2. The van der Waals surface area contributed by atoms with Crippen LogP contribution in [0.1, 0.15) is 5.82 Å². The van der Waals surface area contributed by atoms with Gasteiger partial charge in [0.05, 0.1) is 34.8 Å².